The molecule has 1 aliphatic heterocycles. The van der Waals surface area contributed by atoms with Crippen molar-refractivity contribution in [3.8, 4) is 0 Å². The van der Waals surface area contributed by atoms with E-state index in [9.17, 15) is 10.1 Å². The van der Waals surface area contributed by atoms with Gasteiger partial charge in [-0.15, -0.1) is 0 Å². The van der Waals surface area contributed by atoms with Crippen molar-refractivity contribution in [1.82, 2.24) is 0 Å². The maximum atomic E-state index is 11.1. The number of nitro benzene ring substituents is 1. The zero-order valence-corrected chi connectivity index (χ0v) is 13.5. The number of nitrogens with zero attached hydrogens (tertiary/aromatic N) is 2. The Balaban J connectivity index is 1.91. The van der Waals surface area contributed by atoms with E-state index in [1.165, 1.54) is 5.56 Å². The number of halogens is 1. The molecular weight excluding hydrogens is 346 g/mol. The topological polar surface area (TPSA) is 72.4 Å². The lowest BCUT2D eigenvalue weighted by molar-refractivity contribution is -0.385. The number of anilines is 2. The van der Waals surface area contributed by atoms with Crippen molar-refractivity contribution in [2.75, 3.05) is 17.2 Å². The Labute approximate surface area is 137 Å². The number of nitrogen functional groups attached to an aromatic ring is 1. The Hall–Kier alpha value is -2.08. The molecule has 22 heavy (non-hydrogen) atoms. The van der Waals surface area contributed by atoms with E-state index >= 15 is 0 Å². The third kappa shape index (κ3) is 2.78. The molecule has 0 aliphatic carbocycles. The van der Waals surface area contributed by atoms with Gasteiger partial charge < -0.3 is 10.6 Å². The fraction of sp³-hybridized carbons (Fsp3) is 0.250. The summed E-state index contributed by atoms with van der Waals surface area (Å²) in [6, 6.07) is 11.2. The predicted molar refractivity (Wildman–Crippen MR) is 91.0 cm³/mol. The maximum absolute atomic E-state index is 11.1. The van der Waals surface area contributed by atoms with Gasteiger partial charge in [0, 0.05) is 30.5 Å². The Morgan fingerprint density at radius 2 is 2.14 bits per heavy atom. The Morgan fingerprint density at radius 3 is 2.91 bits per heavy atom. The molecule has 2 N–H and O–H groups in total. The van der Waals surface area contributed by atoms with E-state index in [0.717, 1.165) is 36.3 Å². The second kappa shape index (κ2) is 5.96. The fourth-order valence-corrected chi connectivity index (χ4v) is 3.30. The molecule has 2 aromatic carbocycles. The van der Waals surface area contributed by atoms with Crippen molar-refractivity contribution < 1.29 is 4.92 Å². The van der Waals surface area contributed by atoms with Gasteiger partial charge in [-0.1, -0.05) is 12.1 Å². The largest absolute Gasteiger partial charge is 0.398 e. The highest BCUT2D eigenvalue weighted by Gasteiger charge is 2.20. The Morgan fingerprint density at radius 1 is 1.32 bits per heavy atom. The highest BCUT2D eigenvalue weighted by atomic mass is 79.9. The normalized spacial score (nSPS) is 13.8. The van der Waals surface area contributed by atoms with Crippen LogP contribution in [-0.2, 0) is 13.0 Å². The number of nitro groups is 1. The third-order valence-electron chi connectivity index (χ3n) is 3.96. The third-order valence-corrected chi connectivity index (χ3v) is 4.63. The minimum Gasteiger partial charge on any atom is -0.398 e. The van der Waals surface area contributed by atoms with E-state index in [1.807, 2.05) is 18.2 Å². The molecule has 6 heteroatoms. The SMILES string of the molecule is Nc1cccc2c1CCCN2Cc1ccc(Br)c([N+](=O)[O-])c1. The molecular formula is C16H16BrN3O2. The van der Waals surface area contributed by atoms with Gasteiger partial charge in [-0.25, -0.2) is 0 Å². The van der Waals surface area contributed by atoms with Gasteiger partial charge in [0.2, 0.25) is 0 Å². The monoisotopic (exact) mass is 361 g/mol. The van der Waals surface area contributed by atoms with Gasteiger partial charge in [0.15, 0.2) is 0 Å². The van der Waals surface area contributed by atoms with Crippen molar-refractivity contribution >= 4 is 33.0 Å². The van der Waals surface area contributed by atoms with E-state index in [4.69, 9.17) is 5.73 Å². The van der Waals surface area contributed by atoms with Crippen molar-refractivity contribution in [2.45, 2.75) is 19.4 Å². The van der Waals surface area contributed by atoms with Crippen LogP contribution in [0.15, 0.2) is 40.9 Å². The first-order valence-electron chi connectivity index (χ1n) is 7.11. The quantitative estimate of drug-likeness (QED) is 0.511. The van der Waals surface area contributed by atoms with Crippen LogP contribution in [0.4, 0.5) is 17.1 Å². The highest BCUT2D eigenvalue weighted by Crippen LogP contribution is 2.33. The Bertz CT molecular complexity index is 733. The molecule has 0 aromatic heterocycles. The van der Waals surface area contributed by atoms with E-state index in [0.29, 0.717) is 11.0 Å². The van der Waals surface area contributed by atoms with Gasteiger partial charge in [-0.2, -0.15) is 0 Å². The average molecular weight is 362 g/mol. The van der Waals surface area contributed by atoms with Crippen LogP contribution in [0.25, 0.3) is 0 Å². The summed E-state index contributed by atoms with van der Waals surface area (Å²) in [6.45, 7) is 1.57. The van der Waals surface area contributed by atoms with Crippen LogP contribution in [0.2, 0.25) is 0 Å². The minimum absolute atomic E-state index is 0.0994. The summed E-state index contributed by atoms with van der Waals surface area (Å²) >= 11 is 3.22. The molecule has 0 atom stereocenters. The van der Waals surface area contributed by atoms with Gasteiger partial charge in [0.05, 0.1) is 9.40 Å². The van der Waals surface area contributed by atoms with Gasteiger partial charge in [-0.3, -0.25) is 10.1 Å². The van der Waals surface area contributed by atoms with Gasteiger partial charge in [0.1, 0.15) is 0 Å². The van der Waals surface area contributed by atoms with E-state index in [1.54, 1.807) is 12.1 Å². The lowest BCUT2D eigenvalue weighted by Crippen LogP contribution is -2.29. The smallest absolute Gasteiger partial charge is 0.283 e. The minimum atomic E-state index is -0.365. The number of nitrogens with two attached hydrogens (primary N) is 1. The molecule has 0 spiro atoms. The number of fused-ring (bicyclic) bond motifs is 1. The summed E-state index contributed by atoms with van der Waals surface area (Å²) in [5.74, 6) is 0. The Kier molecular flexibility index (Phi) is 4.02. The summed E-state index contributed by atoms with van der Waals surface area (Å²) < 4.78 is 0.504. The second-order valence-corrected chi connectivity index (χ2v) is 6.27. The van der Waals surface area contributed by atoms with E-state index in [-0.39, 0.29) is 10.6 Å². The summed E-state index contributed by atoms with van der Waals surface area (Å²) in [7, 11) is 0. The molecule has 0 radical (unpaired) electrons. The molecule has 2 aromatic rings. The van der Waals surface area contributed by atoms with Crippen molar-refractivity contribution in [2.24, 2.45) is 0 Å². The van der Waals surface area contributed by atoms with Crippen LogP contribution in [0.3, 0.4) is 0 Å². The predicted octanol–water partition coefficient (Wildman–Crippen LogP) is 3.89. The van der Waals surface area contributed by atoms with Gasteiger partial charge in [0.25, 0.3) is 5.69 Å². The van der Waals surface area contributed by atoms with Crippen LogP contribution in [-0.4, -0.2) is 11.5 Å². The van der Waals surface area contributed by atoms with E-state index < -0.39 is 0 Å². The first-order chi connectivity index (χ1) is 10.6. The first kappa shape index (κ1) is 14.8. The number of hydrogen-bond donors (Lipinski definition) is 1. The second-order valence-electron chi connectivity index (χ2n) is 5.41. The summed E-state index contributed by atoms with van der Waals surface area (Å²) in [5, 5.41) is 11.1. The number of benzene rings is 2. The molecule has 3 rings (SSSR count). The summed E-state index contributed by atoms with van der Waals surface area (Å²) in [4.78, 5) is 12.9. The van der Waals surface area contributed by atoms with E-state index in [2.05, 4.69) is 26.9 Å². The van der Waals surface area contributed by atoms with Gasteiger partial charge >= 0.3 is 0 Å². The highest BCUT2D eigenvalue weighted by molar-refractivity contribution is 9.10. The van der Waals surface area contributed by atoms with Crippen molar-refractivity contribution in [1.29, 1.82) is 0 Å². The first-order valence-corrected chi connectivity index (χ1v) is 7.90. The zero-order chi connectivity index (χ0) is 15.7. The molecule has 0 saturated heterocycles. The number of hydrogen-bond acceptors (Lipinski definition) is 4. The molecule has 114 valence electrons. The fourth-order valence-electron chi connectivity index (χ4n) is 2.91. The molecule has 1 heterocycles. The van der Waals surface area contributed by atoms with Crippen LogP contribution in [0.5, 0.6) is 0 Å². The lowest BCUT2D eigenvalue weighted by Gasteiger charge is -2.32. The maximum Gasteiger partial charge on any atom is 0.283 e. The average Bonchev–Trinajstić information content (AvgIpc) is 2.50. The lowest BCUT2D eigenvalue weighted by atomic mass is 9.99. The van der Waals surface area contributed by atoms with Crippen LogP contribution < -0.4 is 10.6 Å². The van der Waals surface area contributed by atoms with Crippen molar-refractivity contribution in [3.05, 3.63) is 62.1 Å². The van der Waals surface area contributed by atoms with Crippen LogP contribution >= 0.6 is 15.9 Å². The summed E-state index contributed by atoms with van der Waals surface area (Å²) in [5.41, 5.74) is 10.2. The summed E-state index contributed by atoms with van der Waals surface area (Å²) in [6.07, 6.45) is 2.03. The molecule has 0 unspecified atom stereocenters. The van der Waals surface area contributed by atoms with Crippen molar-refractivity contribution in [3.63, 3.8) is 0 Å². The molecule has 1 aliphatic rings. The van der Waals surface area contributed by atoms with Crippen LogP contribution in [0, 0.1) is 10.1 Å². The van der Waals surface area contributed by atoms with Gasteiger partial charge in [-0.05, 0) is 58.1 Å². The molecule has 0 saturated carbocycles. The standard InChI is InChI=1S/C16H16BrN3O2/c17-13-7-6-11(9-16(13)20(21)22)10-19-8-2-3-12-14(18)4-1-5-15(12)19/h1,4-7,9H,2-3,8,10,18H2. The molecule has 0 fully saturated rings. The van der Waals surface area contributed by atoms with Crippen LogP contribution in [0.1, 0.15) is 17.5 Å². The molecule has 0 bridgehead atoms. The zero-order valence-electron chi connectivity index (χ0n) is 12.0. The molecule has 5 nitrogen and oxygen atoms in total. The number of rotatable bonds is 3. The molecule has 0 amide bonds.